The van der Waals surface area contributed by atoms with Crippen LogP contribution in [0.15, 0.2) is 36.9 Å². The lowest BCUT2D eigenvalue weighted by molar-refractivity contribution is 0.102. The van der Waals surface area contributed by atoms with Crippen LogP contribution in [0, 0.1) is 11.8 Å². The van der Waals surface area contributed by atoms with Crippen LogP contribution in [-0.2, 0) is 0 Å². The highest BCUT2D eigenvalue weighted by atomic mass is 16.5. The summed E-state index contributed by atoms with van der Waals surface area (Å²) in [7, 11) is 1.59. The molecule has 1 saturated carbocycles. The van der Waals surface area contributed by atoms with Gasteiger partial charge in [-0.15, -0.1) is 0 Å². The Kier molecular flexibility index (Phi) is 5.47. The number of anilines is 1. The first kappa shape index (κ1) is 19.4. The van der Waals surface area contributed by atoms with Crippen LogP contribution in [0.25, 0.3) is 10.9 Å². The Hall–Kier alpha value is -2.96. The number of aromatic nitrogens is 4. The number of nitrogens with zero attached hydrogens (tertiary/aromatic N) is 4. The maximum absolute atomic E-state index is 12.5. The van der Waals surface area contributed by atoms with Crippen LogP contribution in [0.1, 0.15) is 56.1 Å². The molecule has 4 rings (SSSR count). The second-order valence-electron chi connectivity index (χ2n) is 8.08. The van der Waals surface area contributed by atoms with Crippen molar-refractivity contribution in [1.82, 2.24) is 19.7 Å². The van der Waals surface area contributed by atoms with E-state index in [1.54, 1.807) is 19.4 Å². The van der Waals surface area contributed by atoms with Crippen molar-refractivity contribution >= 4 is 22.5 Å². The largest absolute Gasteiger partial charge is 0.494 e. The number of nitrogens with one attached hydrogen (secondary N) is 1. The maximum Gasteiger partial charge on any atom is 0.274 e. The van der Waals surface area contributed by atoms with Gasteiger partial charge in [-0.3, -0.25) is 9.48 Å². The molecule has 0 saturated heterocycles. The van der Waals surface area contributed by atoms with Gasteiger partial charge in [0.15, 0.2) is 0 Å². The molecule has 7 nitrogen and oxygen atoms in total. The van der Waals surface area contributed by atoms with Gasteiger partial charge in [0.2, 0.25) is 0 Å². The molecule has 0 spiro atoms. The number of ether oxygens (including phenoxy) is 1. The molecule has 2 heterocycles. The second kappa shape index (κ2) is 8.19. The number of benzene rings is 1. The Morgan fingerprint density at radius 3 is 2.69 bits per heavy atom. The van der Waals surface area contributed by atoms with Crippen LogP contribution >= 0.6 is 0 Å². The molecule has 0 aliphatic heterocycles. The SMILES string of the molecule is COc1cc2nn(C3CCC(C(C)C)CC3)cc2cc1NC(=O)c1ccncn1. The van der Waals surface area contributed by atoms with Crippen molar-refractivity contribution in [2.24, 2.45) is 11.8 Å². The molecule has 0 radical (unpaired) electrons. The molecular weight excluding hydrogens is 366 g/mol. The van der Waals surface area contributed by atoms with Crippen LogP contribution < -0.4 is 10.1 Å². The van der Waals surface area contributed by atoms with Gasteiger partial charge in [-0.1, -0.05) is 13.8 Å². The minimum Gasteiger partial charge on any atom is -0.494 e. The number of carbonyl (C=O) groups is 1. The van der Waals surface area contributed by atoms with Crippen LogP contribution in [0.3, 0.4) is 0 Å². The lowest BCUT2D eigenvalue weighted by Crippen LogP contribution is -2.21. The van der Waals surface area contributed by atoms with E-state index in [2.05, 4.69) is 40.0 Å². The smallest absolute Gasteiger partial charge is 0.274 e. The van der Waals surface area contributed by atoms with E-state index in [9.17, 15) is 4.79 Å². The normalized spacial score (nSPS) is 19.4. The molecule has 1 amide bonds. The number of carbonyl (C=O) groups excluding carboxylic acids is 1. The Balaban J connectivity index is 1.57. The van der Waals surface area contributed by atoms with Crippen LogP contribution in [0.2, 0.25) is 0 Å². The molecule has 152 valence electrons. The first-order chi connectivity index (χ1) is 14.0. The molecule has 0 atom stereocenters. The summed E-state index contributed by atoms with van der Waals surface area (Å²) in [4.78, 5) is 20.3. The Morgan fingerprint density at radius 1 is 1.24 bits per heavy atom. The number of hydrogen-bond acceptors (Lipinski definition) is 5. The van der Waals surface area contributed by atoms with Gasteiger partial charge in [-0.05, 0) is 49.7 Å². The van der Waals surface area contributed by atoms with Gasteiger partial charge in [0.25, 0.3) is 5.91 Å². The van der Waals surface area contributed by atoms with E-state index < -0.39 is 0 Å². The number of rotatable bonds is 5. The topological polar surface area (TPSA) is 81.9 Å². The molecule has 29 heavy (non-hydrogen) atoms. The summed E-state index contributed by atoms with van der Waals surface area (Å²) < 4.78 is 7.58. The van der Waals surface area contributed by atoms with Crippen LogP contribution in [0.4, 0.5) is 5.69 Å². The summed E-state index contributed by atoms with van der Waals surface area (Å²) in [6, 6.07) is 5.80. The monoisotopic (exact) mass is 393 g/mol. The number of amides is 1. The molecular formula is C22H27N5O2. The predicted octanol–water partition coefficient (Wildman–Crippen LogP) is 4.47. The van der Waals surface area contributed by atoms with Crippen LogP contribution in [-0.4, -0.2) is 32.8 Å². The molecule has 1 aromatic carbocycles. The third-order valence-corrected chi connectivity index (χ3v) is 5.96. The molecule has 3 aromatic rings. The van der Waals surface area contributed by atoms with Gasteiger partial charge >= 0.3 is 0 Å². The van der Waals surface area contributed by atoms with Gasteiger partial charge in [0, 0.05) is 23.8 Å². The number of fused-ring (bicyclic) bond motifs is 1. The van der Waals surface area contributed by atoms with E-state index in [1.807, 2.05) is 12.1 Å². The van der Waals surface area contributed by atoms with Crippen molar-refractivity contribution < 1.29 is 9.53 Å². The van der Waals surface area contributed by atoms with Gasteiger partial charge in [0.1, 0.15) is 17.8 Å². The van der Waals surface area contributed by atoms with Crippen molar-refractivity contribution in [1.29, 1.82) is 0 Å². The predicted molar refractivity (Wildman–Crippen MR) is 112 cm³/mol. The van der Waals surface area contributed by atoms with E-state index in [4.69, 9.17) is 9.84 Å². The molecule has 1 N–H and O–H groups in total. The minimum atomic E-state index is -0.301. The first-order valence-corrected chi connectivity index (χ1v) is 10.2. The summed E-state index contributed by atoms with van der Waals surface area (Å²) >= 11 is 0. The fourth-order valence-corrected chi connectivity index (χ4v) is 4.17. The van der Waals surface area contributed by atoms with Crippen molar-refractivity contribution in [2.45, 2.75) is 45.6 Å². The highest BCUT2D eigenvalue weighted by molar-refractivity contribution is 6.04. The molecule has 7 heteroatoms. The zero-order chi connectivity index (χ0) is 20.4. The summed E-state index contributed by atoms with van der Waals surface area (Å²) in [5.74, 6) is 1.84. The average molecular weight is 393 g/mol. The second-order valence-corrected chi connectivity index (χ2v) is 8.08. The molecule has 1 fully saturated rings. The van der Waals surface area contributed by atoms with Gasteiger partial charge in [-0.2, -0.15) is 5.10 Å². The van der Waals surface area contributed by atoms with Gasteiger partial charge in [-0.25, -0.2) is 9.97 Å². The fraction of sp³-hybridized carbons (Fsp3) is 0.455. The third-order valence-electron chi connectivity index (χ3n) is 5.96. The van der Waals surface area contributed by atoms with E-state index >= 15 is 0 Å². The van der Waals surface area contributed by atoms with Gasteiger partial charge < -0.3 is 10.1 Å². The van der Waals surface area contributed by atoms with Crippen molar-refractivity contribution in [3.8, 4) is 5.75 Å². The van der Waals surface area contributed by atoms with Crippen molar-refractivity contribution in [3.63, 3.8) is 0 Å². The highest BCUT2D eigenvalue weighted by Gasteiger charge is 2.25. The van der Waals surface area contributed by atoms with Crippen LogP contribution in [0.5, 0.6) is 5.75 Å². The Morgan fingerprint density at radius 2 is 2.03 bits per heavy atom. The van der Waals surface area contributed by atoms with E-state index in [0.717, 1.165) is 35.6 Å². The summed E-state index contributed by atoms with van der Waals surface area (Å²) in [5, 5.41) is 8.66. The van der Waals surface area contributed by atoms with E-state index in [0.29, 0.717) is 23.2 Å². The third kappa shape index (κ3) is 4.09. The van der Waals surface area contributed by atoms with E-state index in [-0.39, 0.29) is 5.91 Å². The van der Waals surface area contributed by atoms with Crippen molar-refractivity contribution in [3.05, 3.63) is 42.6 Å². The molecule has 0 unspecified atom stereocenters. The summed E-state index contributed by atoms with van der Waals surface area (Å²) in [6.07, 6.45) is 9.80. The van der Waals surface area contributed by atoms with E-state index in [1.165, 1.54) is 19.2 Å². The Labute approximate surface area is 170 Å². The number of methoxy groups -OCH3 is 1. The Bertz CT molecular complexity index is 991. The molecule has 1 aliphatic rings. The quantitative estimate of drug-likeness (QED) is 0.691. The summed E-state index contributed by atoms with van der Waals surface area (Å²) in [6.45, 7) is 4.63. The lowest BCUT2D eigenvalue weighted by atomic mass is 9.80. The standard InChI is InChI=1S/C22H27N5O2/c1-14(2)15-4-6-17(7-5-15)27-12-16-10-20(21(29-3)11-19(16)26-27)25-22(28)18-8-9-23-13-24-18/h8-15,17H,4-7H2,1-3H3,(H,25,28). The maximum atomic E-state index is 12.5. The van der Waals surface area contributed by atoms with Crippen molar-refractivity contribution in [2.75, 3.05) is 12.4 Å². The minimum absolute atomic E-state index is 0.301. The first-order valence-electron chi connectivity index (χ1n) is 10.2. The molecule has 2 aromatic heterocycles. The lowest BCUT2D eigenvalue weighted by Gasteiger charge is -2.30. The zero-order valence-electron chi connectivity index (χ0n) is 17.1. The number of hydrogen-bond donors (Lipinski definition) is 1. The fourth-order valence-electron chi connectivity index (χ4n) is 4.17. The average Bonchev–Trinajstić information content (AvgIpc) is 3.16. The molecule has 1 aliphatic carbocycles. The summed E-state index contributed by atoms with van der Waals surface area (Å²) in [5.41, 5.74) is 1.78. The highest BCUT2D eigenvalue weighted by Crippen LogP contribution is 2.37. The van der Waals surface area contributed by atoms with Gasteiger partial charge in [0.05, 0.1) is 24.4 Å². The zero-order valence-corrected chi connectivity index (χ0v) is 17.1. The molecule has 0 bridgehead atoms.